The first-order valence-corrected chi connectivity index (χ1v) is 50.3. The quantitative estimate of drug-likeness (QED) is 0.0165. The Morgan fingerprint density at radius 1 is 0.416 bits per heavy atom. The van der Waals surface area contributed by atoms with Crippen molar-refractivity contribution in [3.8, 4) is 79.5 Å². The molecule has 6 aliphatic heterocycles. The molecule has 40 heteroatoms. The summed E-state index contributed by atoms with van der Waals surface area (Å²) in [7, 11) is -6.23. The van der Waals surface area contributed by atoms with Gasteiger partial charge < -0.3 is 99.5 Å². The van der Waals surface area contributed by atoms with Gasteiger partial charge in [-0.1, -0.05) is 85.4 Å². The molecule has 782 valence electrons. The van der Waals surface area contributed by atoms with Crippen LogP contribution < -0.4 is 71.0 Å². The highest BCUT2D eigenvalue weighted by Gasteiger charge is 2.37. The van der Waals surface area contributed by atoms with Crippen molar-refractivity contribution in [1.82, 2.24) is 64.7 Å². The van der Waals surface area contributed by atoms with E-state index >= 15 is 4.39 Å². The third-order valence-corrected chi connectivity index (χ3v) is 28.4. The van der Waals surface area contributed by atoms with Gasteiger partial charge in [-0.05, 0) is 150 Å². The lowest BCUT2D eigenvalue weighted by atomic mass is 9.97. The van der Waals surface area contributed by atoms with Crippen molar-refractivity contribution in [1.29, 1.82) is 0 Å². The number of fused-ring (bicyclic) bond motifs is 4. The van der Waals surface area contributed by atoms with Gasteiger partial charge in [-0.3, -0.25) is 19.2 Å². The Kier molecular flexibility index (Phi) is 30.7. The zero-order valence-electron chi connectivity index (χ0n) is 94.3. The highest BCUT2D eigenvalue weighted by atomic mass is 35.5. The van der Waals surface area contributed by atoms with E-state index < -0.39 is 39.7 Å². The van der Waals surface area contributed by atoms with Crippen LogP contribution in [0.1, 0.15) is 93.5 Å². The number of carbonyl (C=O) groups excluding carboxylic acids is 4. The average molecular weight is 2100 g/mol. The molecule has 4 aromatic carbocycles. The van der Waals surface area contributed by atoms with E-state index in [1.165, 1.54) is 49.1 Å². The van der Waals surface area contributed by atoms with Gasteiger partial charge in [0, 0.05) is 169 Å². The molecule has 0 amide bonds. The summed E-state index contributed by atoms with van der Waals surface area (Å²) in [5.41, 5.74) is 5.55. The van der Waals surface area contributed by atoms with Crippen molar-refractivity contribution < 1.29 is 92.1 Å². The fourth-order valence-corrected chi connectivity index (χ4v) is 19.3. The molecule has 2 saturated carbocycles. The molecule has 14 heterocycles. The van der Waals surface area contributed by atoms with E-state index in [1.54, 1.807) is 38.9 Å². The number of hydrogen-bond acceptors (Lipinski definition) is 36. The second kappa shape index (κ2) is 50.0. The Morgan fingerprint density at radius 3 is 1.13 bits per heavy atom. The van der Waals surface area contributed by atoms with Crippen LogP contribution in [0.3, 0.4) is 0 Å². The fraction of sp³-hybridized carbons (Fsp3) is 0.413. The summed E-state index contributed by atoms with van der Waals surface area (Å²) in [6.07, 6.45) is 22.1. The molecule has 8 N–H and O–H groups in total. The van der Waals surface area contributed by atoms with Crippen LogP contribution >= 0.6 is 34.8 Å². The zero-order chi connectivity index (χ0) is 114. The van der Waals surface area contributed by atoms with Crippen molar-refractivity contribution in [3.05, 3.63) is 181 Å². The molecule has 20 rings (SSSR count). The van der Waals surface area contributed by atoms with Gasteiger partial charge >= 0.3 is 0 Å². The number of benzene rings is 4. The zero-order valence-corrected chi connectivity index (χ0v) is 84.6. The first-order valence-electron chi connectivity index (χ1n) is 55.1. The number of ketones is 4. The van der Waals surface area contributed by atoms with E-state index in [0.29, 0.717) is 222 Å². The molecule has 0 bridgehead atoms. The summed E-state index contributed by atoms with van der Waals surface area (Å²) in [5, 5.41) is 30.5. The highest BCUT2D eigenvalue weighted by molar-refractivity contribution is 6.36. The molecule has 2 unspecified atom stereocenters. The number of likely N-dealkylation sites (N-methyl/N-ethyl adjacent to an activating group) is 1. The number of nitrogens with zero attached hydrogens (tertiary/aromatic N) is 13. The lowest BCUT2D eigenvalue weighted by Gasteiger charge is -2.21. The summed E-state index contributed by atoms with van der Waals surface area (Å²) in [6.45, 7) is 22.3. The Morgan fingerprint density at radius 2 is 0.772 bits per heavy atom. The van der Waals surface area contributed by atoms with Gasteiger partial charge in [0.1, 0.15) is 50.8 Å². The van der Waals surface area contributed by atoms with Crippen molar-refractivity contribution >= 4 is 149 Å². The summed E-state index contributed by atoms with van der Waals surface area (Å²) in [5.74, 6) is 2.90. The number of allylic oxidation sites excluding steroid dienone is 4. The van der Waals surface area contributed by atoms with Gasteiger partial charge in [-0.2, -0.15) is 0 Å². The van der Waals surface area contributed by atoms with Crippen LogP contribution in [-0.4, -0.2) is 266 Å². The number of anilines is 8. The molecule has 8 fully saturated rings. The van der Waals surface area contributed by atoms with Crippen LogP contribution in [0, 0.1) is 41.3 Å². The number of pyridine rings is 4. The van der Waals surface area contributed by atoms with Crippen LogP contribution in [0.5, 0.6) is 34.5 Å². The monoisotopic (exact) mass is 2100 g/mol. The van der Waals surface area contributed by atoms with E-state index in [-0.39, 0.29) is 129 Å². The van der Waals surface area contributed by atoms with Crippen molar-refractivity contribution in [2.45, 2.75) is 113 Å². The van der Waals surface area contributed by atoms with Crippen LogP contribution in [0.15, 0.2) is 160 Å². The third-order valence-electron chi connectivity index (χ3n) is 27.2. The number of methoxy groups -OCH3 is 6. The molecular formula is C109H123Cl3FN21O15. The Hall–Kier alpha value is -13.8. The Bertz CT molecular complexity index is 7190. The number of nitrogens with one attached hydrogen (secondary N) is 8. The van der Waals surface area contributed by atoms with Gasteiger partial charge in [0.2, 0.25) is 23.8 Å². The Balaban J connectivity index is 0.000000144. The normalized spacial score (nSPS) is 21.7. The minimum atomic E-state index is -3.01. The molecule has 8 aromatic heterocycles. The molecule has 149 heavy (non-hydrogen) atoms. The predicted molar refractivity (Wildman–Crippen MR) is 576 cm³/mol. The number of halogens is 4. The maximum Gasteiger partial charge on any atom is 0.223 e. The molecule has 12 aromatic rings. The molecule has 10 atom stereocenters. The van der Waals surface area contributed by atoms with E-state index in [0.717, 1.165) is 105 Å². The highest BCUT2D eigenvalue weighted by Crippen LogP contribution is 2.45. The average Bonchev–Trinajstić information content (AvgIpc) is 1.28. The number of likely N-dealkylation sites (tertiary alicyclic amines) is 1. The third kappa shape index (κ3) is 26.6. The van der Waals surface area contributed by atoms with E-state index in [2.05, 4.69) is 111 Å². The minimum Gasteiger partial charge on any atom is -0.497 e. The van der Waals surface area contributed by atoms with Crippen LogP contribution in [-0.2, 0) is 42.9 Å². The van der Waals surface area contributed by atoms with E-state index in [4.69, 9.17) is 133 Å². The number of ether oxygens (including phenoxy) is 11. The number of aromatic nitrogens is 12. The van der Waals surface area contributed by atoms with E-state index in [9.17, 15) is 19.2 Å². The van der Waals surface area contributed by atoms with Crippen molar-refractivity contribution in [3.63, 3.8) is 0 Å². The molecular weight excluding hydrogens is 1970 g/mol. The Labute approximate surface area is 894 Å². The summed E-state index contributed by atoms with van der Waals surface area (Å²) >= 11 is 19.9. The maximum atomic E-state index is 15.7. The summed E-state index contributed by atoms with van der Waals surface area (Å²) in [6, 6.07) is 22.6. The second-order valence-corrected chi connectivity index (χ2v) is 38.7. The van der Waals surface area contributed by atoms with Gasteiger partial charge in [0.15, 0.2) is 58.0 Å². The van der Waals surface area contributed by atoms with Gasteiger partial charge in [0.05, 0.1) is 180 Å². The topological polar surface area (TPSA) is 424 Å². The number of hydrogen-bond donors (Lipinski definition) is 8. The molecule has 0 radical (unpaired) electrons. The molecule has 6 saturated heterocycles. The van der Waals surface area contributed by atoms with Gasteiger partial charge in [-0.25, -0.2) is 64.2 Å². The lowest BCUT2D eigenvalue weighted by molar-refractivity contribution is -0.116. The lowest BCUT2D eigenvalue weighted by Crippen LogP contribution is -2.32. The molecule has 36 nitrogen and oxygen atoms in total. The fourth-order valence-electron chi connectivity index (χ4n) is 18.5. The minimum absolute atomic E-state index is 0.00281. The van der Waals surface area contributed by atoms with Crippen molar-refractivity contribution in [2.24, 2.45) is 35.5 Å². The molecule has 0 spiro atoms. The first-order chi connectivity index (χ1) is 77.1. The predicted octanol–water partition coefficient (Wildman–Crippen LogP) is 17.9. The van der Waals surface area contributed by atoms with Crippen LogP contribution in [0.4, 0.5) is 51.5 Å². The van der Waals surface area contributed by atoms with Gasteiger partial charge in [0.25, 0.3) is 0 Å². The largest absolute Gasteiger partial charge is 0.497 e. The summed E-state index contributed by atoms with van der Waals surface area (Å²) < 4.78 is 164. The van der Waals surface area contributed by atoms with Crippen LogP contribution in [0.25, 0.3) is 88.6 Å². The standard InChI is InChI=1S/C28H33ClN6O3.2C27H30ClN5O4.C27H30FN5O4/c1-4-20(36)11-18-15-38-16-23(18)33-28-31-13-17-12-22(21-8-5-9-24(37-3)25(21)29)32-27(26(17)34-28)30-14-19-7-6-10-35(19)2;1-4-18(34)7-17-13-37-14-22(17)32-27-30-12-16-8-21(20-9-19(35-2)10-23(36-3)24(20)28)31-26(25(16)33-27)29-11-15-5-6-15;1-3-18(34)10-17-14-36-15-22(17)32-27-30-12-16-11-21(20-7-4-8-23(35-2)24(20)28)31-26(25(16)33-27)29-13-19-6-5-9-37-19;1-4-18(34)7-17-13-37-14-22(17)32-27-30-12-16-8-21(20-9-19(35-2)10-23(36-3)24(20)28)31-26(25(16)33-27)29-11-15-5-6-15/h4-5,8-9,12-13,18-19,23H,1,6-7,10-11,14-16H2,2-3H3,(H,30,32)(H,31,33,34);4,8-10,12,15,17,22H,1,5-7,11,13-14H2,2-3H3,(H,29,31)(H,30,32,33);3-4,7-8,11-12,17,19,22H,1,5-6,9-10,13-15H2,2H3,(H,29,31)(H,30,32,33);4,8-10,12,15,17,22H,1,5-7,11,13-14H2,2-3H3,(H,29,31)(H,30,32,33)/t18-,19?,23+;17-,22+;17-,19?,22+;17-,22+/m0000/s1/i;2D3,3D3;;2D3,3D3. The molecule has 2 aliphatic carbocycles. The maximum absolute atomic E-state index is 15.7. The second-order valence-electron chi connectivity index (χ2n) is 37.6. The van der Waals surface area contributed by atoms with Gasteiger partial charge in [-0.15, -0.1) is 0 Å². The SMILES string of the molecule is C=CC(=O)C[C@H]1COC[C@H]1Nc1ncc2cc(-c3cccc(OC)c3Cl)nc(NCC3CCCN3C)c2n1.C=CC(=O)C[C@H]1COC[C@H]1Nc1ncc2cc(-c3cccc(OC)c3Cl)nc(NCC3CCCO3)c2n1.[2H]C([2H])([2H])Oc1cc(OC([2H])([2H])[2H])c(Cl)c(-c2cc3cnc(N[C@@H]4COC[C@@H]4CC(=O)C=C)nc3c(NCC3CC3)n2)c1.[2H]C([2H])([2H])Oc1cc(OC([2H])([2H])[2H])c(F)c(-c2cc3cnc(N[C@@H]4COC[C@@H]4CC(=O)C=C)nc3c(NCC3CC3)n2)c1. The van der Waals surface area contributed by atoms with Crippen molar-refractivity contribution in [2.75, 3.05) is 184 Å². The molecule has 8 aliphatic rings. The first kappa shape index (κ1) is 91.5. The number of rotatable bonds is 42. The number of carbonyl (C=O) groups is 4. The van der Waals surface area contributed by atoms with E-state index in [1.807, 2.05) is 48.5 Å². The van der Waals surface area contributed by atoms with Crippen LogP contribution in [0.2, 0.25) is 15.1 Å². The summed E-state index contributed by atoms with van der Waals surface area (Å²) in [4.78, 5) is 106. The smallest absolute Gasteiger partial charge is 0.223 e.